The molecule has 1 unspecified atom stereocenters. The van der Waals surface area contributed by atoms with Crippen molar-refractivity contribution < 1.29 is 14.7 Å². The maximum atomic E-state index is 12.9. The van der Waals surface area contributed by atoms with Gasteiger partial charge in [0.2, 0.25) is 0 Å². The molecule has 1 saturated carbocycles. The average Bonchev–Trinajstić information content (AvgIpc) is 3.47. The van der Waals surface area contributed by atoms with Crippen LogP contribution in [0.1, 0.15) is 56.3 Å². The highest BCUT2D eigenvalue weighted by Crippen LogP contribution is 2.45. The van der Waals surface area contributed by atoms with E-state index in [1.807, 2.05) is 24.1 Å². The van der Waals surface area contributed by atoms with Gasteiger partial charge in [-0.1, -0.05) is 13.8 Å². The molecule has 154 valence electrons. The summed E-state index contributed by atoms with van der Waals surface area (Å²) in [6, 6.07) is 3.69. The van der Waals surface area contributed by atoms with Crippen LogP contribution >= 0.6 is 0 Å². The lowest BCUT2D eigenvalue weighted by atomic mass is 9.89. The number of aliphatic hydroxyl groups is 1. The number of aliphatic hydroxyl groups excluding tert-OH is 1. The molecule has 1 aliphatic carbocycles. The summed E-state index contributed by atoms with van der Waals surface area (Å²) in [5, 5.41) is 9.50. The van der Waals surface area contributed by atoms with Gasteiger partial charge in [0.05, 0.1) is 12.2 Å². The summed E-state index contributed by atoms with van der Waals surface area (Å²) in [5.74, 6) is 1.36. The molecule has 1 amide bonds. The highest BCUT2D eigenvalue weighted by molar-refractivity contribution is 5.94. The van der Waals surface area contributed by atoms with Crippen molar-refractivity contribution in [3.05, 3.63) is 23.9 Å². The van der Waals surface area contributed by atoms with Crippen molar-refractivity contribution >= 4 is 17.5 Å². The fourth-order valence-electron chi connectivity index (χ4n) is 4.04. The summed E-state index contributed by atoms with van der Waals surface area (Å²) in [6.45, 7) is 6.31. The Bertz CT molecular complexity index is 697. The summed E-state index contributed by atoms with van der Waals surface area (Å²) in [7, 11) is 1.97. The quantitative estimate of drug-likeness (QED) is 0.742. The van der Waals surface area contributed by atoms with Crippen molar-refractivity contribution in [2.24, 2.45) is 17.3 Å². The van der Waals surface area contributed by atoms with Gasteiger partial charge in [-0.15, -0.1) is 0 Å². The van der Waals surface area contributed by atoms with E-state index >= 15 is 0 Å². The Kier molecular flexibility index (Phi) is 6.38. The molecule has 2 fully saturated rings. The minimum atomic E-state index is -0.0437. The smallest absolute Gasteiger partial charge is 0.255 e. The summed E-state index contributed by atoms with van der Waals surface area (Å²) in [6.07, 6.45) is 6.07. The second-order valence-electron chi connectivity index (χ2n) is 9.07. The first-order valence-corrected chi connectivity index (χ1v) is 10.4. The molecule has 0 spiro atoms. The lowest BCUT2D eigenvalue weighted by Crippen LogP contribution is -2.42. The molecule has 2 heterocycles. The van der Waals surface area contributed by atoms with Gasteiger partial charge in [0.15, 0.2) is 0 Å². The number of ketones is 1. The van der Waals surface area contributed by atoms with E-state index in [0.29, 0.717) is 31.0 Å². The molecule has 1 N–H and O–H groups in total. The molecule has 1 aliphatic heterocycles. The second kappa shape index (κ2) is 8.60. The number of amides is 1. The third-order valence-corrected chi connectivity index (χ3v) is 6.02. The van der Waals surface area contributed by atoms with E-state index in [9.17, 15) is 14.7 Å². The number of anilines is 1. The third kappa shape index (κ3) is 4.90. The highest BCUT2D eigenvalue weighted by Gasteiger charge is 2.43. The van der Waals surface area contributed by atoms with E-state index in [2.05, 4.69) is 18.8 Å². The van der Waals surface area contributed by atoms with Gasteiger partial charge in [-0.2, -0.15) is 0 Å². The fourth-order valence-corrected chi connectivity index (χ4v) is 4.04. The van der Waals surface area contributed by atoms with Crippen molar-refractivity contribution in [1.82, 2.24) is 9.88 Å². The number of aromatic nitrogens is 1. The fraction of sp³-hybridized carbons (Fsp3) is 0.682. The SMILES string of the molecule is CC(C)CC(=O)C1CCCN(C(=O)c2ccc(N(C)CC3(CO)CC3)nc2)C1. The van der Waals surface area contributed by atoms with Crippen LogP contribution in [-0.4, -0.2) is 60.0 Å². The number of carbonyl (C=O) groups excluding carboxylic acids is 2. The second-order valence-corrected chi connectivity index (χ2v) is 9.07. The number of carbonyl (C=O) groups is 2. The van der Waals surface area contributed by atoms with Crippen LogP contribution in [0.15, 0.2) is 18.3 Å². The number of hydrogen-bond donors (Lipinski definition) is 1. The zero-order valence-corrected chi connectivity index (χ0v) is 17.4. The van der Waals surface area contributed by atoms with Gasteiger partial charge in [0, 0.05) is 50.6 Å². The Balaban J connectivity index is 1.60. The number of piperidine rings is 1. The predicted molar refractivity (Wildman–Crippen MR) is 109 cm³/mol. The largest absolute Gasteiger partial charge is 0.396 e. The van der Waals surface area contributed by atoms with Crippen molar-refractivity contribution in [3.8, 4) is 0 Å². The van der Waals surface area contributed by atoms with Crippen LogP contribution in [0, 0.1) is 17.3 Å². The van der Waals surface area contributed by atoms with Crippen LogP contribution in [-0.2, 0) is 4.79 Å². The Morgan fingerprint density at radius 2 is 2.11 bits per heavy atom. The molecule has 28 heavy (non-hydrogen) atoms. The molecule has 0 aromatic carbocycles. The lowest BCUT2D eigenvalue weighted by molar-refractivity contribution is -0.124. The average molecular weight is 388 g/mol. The molecule has 3 rings (SSSR count). The van der Waals surface area contributed by atoms with Crippen LogP contribution in [0.5, 0.6) is 0 Å². The maximum Gasteiger partial charge on any atom is 0.255 e. The molecule has 1 atom stereocenters. The standard InChI is InChI=1S/C22H33N3O3/c1-16(2)11-19(27)18-5-4-10-25(13-18)21(28)17-6-7-20(23-12-17)24(3)14-22(15-26)8-9-22/h6-7,12,16,18,26H,4-5,8-11,13-15H2,1-3H3. The van der Waals surface area contributed by atoms with Crippen LogP contribution < -0.4 is 4.90 Å². The Hall–Kier alpha value is -1.95. The van der Waals surface area contributed by atoms with Gasteiger partial charge in [-0.3, -0.25) is 9.59 Å². The van der Waals surface area contributed by atoms with E-state index in [-0.39, 0.29) is 29.6 Å². The minimum absolute atomic E-state index is 0.0241. The Labute approximate surface area is 167 Å². The van der Waals surface area contributed by atoms with Crippen LogP contribution in [0.25, 0.3) is 0 Å². The van der Waals surface area contributed by atoms with Gasteiger partial charge in [-0.25, -0.2) is 4.98 Å². The van der Waals surface area contributed by atoms with Gasteiger partial charge in [-0.05, 0) is 43.7 Å². The topological polar surface area (TPSA) is 73.7 Å². The van der Waals surface area contributed by atoms with Crippen LogP contribution in [0.2, 0.25) is 0 Å². The van der Waals surface area contributed by atoms with Crippen molar-refractivity contribution in [2.45, 2.75) is 46.0 Å². The van der Waals surface area contributed by atoms with E-state index in [4.69, 9.17) is 0 Å². The summed E-state index contributed by atoms with van der Waals surface area (Å²) >= 11 is 0. The van der Waals surface area contributed by atoms with Crippen LogP contribution in [0.4, 0.5) is 5.82 Å². The van der Waals surface area contributed by atoms with Gasteiger partial charge >= 0.3 is 0 Å². The van der Waals surface area contributed by atoms with Crippen molar-refractivity contribution in [1.29, 1.82) is 0 Å². The molecular formula is C22H33N3O3. The van der Waals surface area contributed by atoms with E-state index < -0.39 is 0 Å². The first-order chi connectivity index (χ1) is 13.3. The van der Waals surface area contributed by atoms with Crippen molar-refractivity contribution in [2.75, 3.05) is 38.2 Å². The minimum Gasteiger partial charge on any atom is -0.396 e. The number of Topliss-reactive ketones (excluding diaryl/α,β-unsaturated/α-hetero) is 1. The highest BCUT2D eigenvalue weighted by atomic mass is 16.3. The molecule has 1 saturated heterocycles. The predicted octanol–water partition coefficient (Wildman–Crippen LogP) is 2.76. The van der Waals surface area contributed by atoms with Crippen LogP contribution in [0.3, 0.4) is 0 Å². The number of likely N-dealkylation sites (tertiary alicyclic amines) is 1. The lowest BCUT2D eigenvalue weighted by Gasteiger charge is -2.32. The number of hydrogen-bond acceptors (Lipinski definition) is 5. The third-order valence-electron chi connectivity index (χ3n) is 6.02. The van der Waals surface area contributed by atoms with E-state index in [1.54, 1.807) is 11.1 Å². The molecule has 6 nitrogen and oxygen atoms in total. The first-order valence-electron chi connectivity index (χ1n) is 10.4. The zero-order valence-electron chi connectivity index (χ0n) is 17.4. The molecule has 0 bridgehead atoms. The number of pyridine rings is 1. The number of rotatable bonds is 8. The molecule has 2 aliphatic rings. The Morgan fingerprint density at radius 1 is 1.36 bits per heavy atom. The Morgan fingerprint density at radius 3 is 2.68 bits per heavy atom. The van der Waals surface area contributed by atoms with E-state index in [0.717, 1.165) is 38.0 Å². The van der Waals surface area contributed by atoms with Gasteiger partial charge in [0.1, 0.15) is 11.6 Å². The number of nitrogens with zero attached hydrogens (tertiary/aromatic N) is 3. The first kappa shape index (κ1) is 20.8. The molecular weight excluding hydrogens is 354 g/mol. The van der Waals surface area contributed by atoms with E-state index in [1.165, 1.54) is 0 Å². The summed E-state index contributed by atoms with van der Waals surface area (Å²) in [4.78, 5) is 33.6. The molecule has 6 heteroatoms. The molecule has 1 aromatic heterocycles. The van der Waals surface area contributed by atoms with Gasteiger partial charge in [0.25, 0.3) is 5.91 Å². The molecule has 0 radical (unpaired) electrons. The van der Waals surface area contributed by atoms with Crippen molar-refractivity contribution in [3.63, 3.8) is 0 Å². The summed E-state index contributed by atoms with van der Waals surface area (Å²) in [5.41, 5.74) is 0.591. The maximum absolute atomic E-state index is 12.9. The molecule has 1 aromatic rings. The summed E-state index contributed by atoms with van der Waals surface area (Å²) < 4.78 is 0. The van der Waals surface area contributed by atoms with Gasteiger partial charge < -0.3 is 14.9 Å². The monoisotopic (exact) mass is 387 g/mol. The zero-order chi connectivity index (χ0) is 20.3. The normalized spacial score (nSPS) is 20.9.